The van der Waals surface area contributed by atoms with Crippen molar-refractivity contribution in [2.24, 2.45) is 5.73 Å². The molecule has 110 valence electrons. The summed E-state index contributed by atoms with van der Waals surface area (Å²) in [5, 5.41) is 10.5. The van der Waals surface area contributed by atoms with Crippen LogP contribution in [0.15, 0.2) is 41.4 Å². The Labute approximate surface area is 120 Å². The number of non-ortho nitro benzene ring substituents is 1. The minimum atomic E-state index is -3.88. The normalized spacial score (nSPS) is 11.1. The predicted octanol–water partition coefficient (Wildman–Crippen LogP) is 0.644. The molecular weight excluding hydrogens is 298 g/mol. The van der Waals surface area contributed by atoms with Gasteiger partial charge < -0.3 is 5.73 Å². The zero-order valence-corrected chi connectivity index (χ0v) is 11.4. The molecule has 2 aromatic rings. The van der Waals surface area contributed by atoms with E-state index >= 15 is 0 Å². The Kier molecular flexibility index (Phi) is 4.10. The Hall–Kier alpha value is -2.59. The monoisotopic (exact) mass is 309 g/mol. The smallest absolute Gasteiger partial charge is 0.269 e. The zero-order chi connectivity index (χ0) is 15.5. The van der Waals surface area contributed by atoms with Gasteiger partial charge in [0, 0.05) is 18.3 Å². The maximum absolute atomic E-state index is 12.1. The van der Waals surface area contributed by atoms with Crippen LogP contribution >= 0.6 is 0 Å². The Balaban J connectivity index is 2.27. The highest BCUT2D eigenvalue weighted by molar-refractivity contribution is 7.92. The topological polar surface area (TPSA) is 141 Å². The van der Waals surface area contributed by atoms with Gasteiger partial charge in [-0.05, 0) is 18.2 Å². The van der Waals surface area contributed by atoms with Gasteiger partial charge in [0.15, 0.2) is 0 Å². The highest BCUT2D eigenvalue weighted by atomic mass is 32.2. The molecule has 2 rings (SSSR count). The van der Waals surface area contributed by atoms with Crippen molar-refractivity contribution >= 4 is 21.5 Å². The Morgan fingerprint density at radius 1 is 1.24 bits per heavy atom. The molecule has 0 saturated heterocycles. The molecule has 9 nitrogen and oxygen atoms in total. The lowest BCUT2D eigenvalue weighted by Crippen LogP contribution is -2.15. The summed E-state index contributed by atoms with van der Waals surface area (Å²) in [6.45, 7) is 0.0765. The van der Waals surface area contributed by atoms with Crippen molar-refractivity contribution in [3.05, 3.63) is 52.5 Å². The minimum Gasteiger partial charge on any atom is -0.324 e. The molecule has 0 radical (unpaired) electrons. The van der Waals surface area contributed by atoms with E-state index in [0.717, 1.165) is 24.3 Å². The van der Waals surface area contributed by atoms with E-state index in [2.05, 4.69) is 14.7 Å². The fraction of sp³-hybridized carbons (Fsp3) is 0.0909. The largest absolute Gasteiger partial charge is 0.324 e. The van der Waals surface area contributed by atoms with Gasteiger partial charge in [0.2, 0.25) is 0 Å². The summed E-state index contributed by atoms with van der Waals surface area (Å²) in [6.07, 6.45) is 1.38. The quantitative estimate of drug-likeness (QED) is 0.609. The van der Waals surface area contributed by atoms with Crippen molar-refractivity contribution < 1.29 is 13.3 Å². The molecule has 0 bridgehead atoms. The first-order valence-corrected chi connectivity index (χ1v) is 7.20. The minimum absolute atomic E-state index is 0.0730. The standard InChI is InChI=1S/C11H11N5O4S/c12-7-11-13-6-5-10(14-11)15-21(19,20)9-3-1-8(2-4-9)16(17)18/h1-6H,7,12H2,(H,13,14,15). The number of benzene rings is 1. The lowest BCUT2D eigenvalue weighted by Gasteiger charge is -2.07. The number of hydrogen-bond acceptors (Lipinski definition) is 7. The fourth-order valence-electron chi connectivity index (χ4n) is 1.50. The predicted molar refractivity (Wildman–Crippen MR) is 73.8 cm³/mol. The Morgan fingerprint density at radius 2 is 1.90 bits per heavy atom. The Morgan fingerprint density at radius 3 is 2.48 bits per heavy atom. The number of anilines is 1. The molecule has 0 unspecified atom stereocenters. The highest BCUT2D eigenvalue weighted by Crippen LogP contribution is 2.18. The average molecular weight is 309 g/mol. The number of rotatable bonds is 5. The number of hydrogen-bond donors (Lipinski definition) is 2. The number of aromatic nitrogens is 2. The molecule has 0 amide bonds. The van der Waals surface area contributed by atoms with Gasteiger partial charge in [0.25, 0.3) is 15.7 Å². The SMILES string of the molecule is NCc1nccc(NS(=O)(=O)c2ccc([N+](=O)[O-])cc2)n1. The summed E-state index contributed by atoms with van der Waals surface area (Å²) in [6, 6.07) is 5.89. The van der Waals surface area contributed by atoms with E-state index in [9.17, 15) is 18.5 Å². The van der Waals surface area contributed by atoms with E-state index in [4.69, 9.17) is 5.73 Å². The van der Waals surface area contributed by atoms with E-state index in [-0.39, 0.29) is 22.9 Å². The molecule has 0 aliphatic rings. The van der Waals surface area contributed by atoms with Crippen LogP contribution in [0.5, 0.6) is 0 Å². The third kappa shape index (κ3) is 3.49. The average Bonchev–Trinajstić information content (AvgIpc) is 2.47. The summed E-state index contributed by atoms with van der Waals surface area (Å²) in [7, 11) is -3.88. The lowest BCUT2D eigenvalue weighted by atomic mass is 10.3. The first-order chi connectivity index (χ1) is 9.92. The van der Waals surface area contributed by atoms with Crippen molar-refractivity contribution in [1.82, 2.24) is 9.97 Å². The number of sulfonamides is 1. The maximum Gasteiger partial charge on any atom is 0.269 e. The van der Waals surface area contributed by atoms with Crippen LogP contribution in [0.1, 0.15) is 5.82 Å². The summed E-state index contributed by atoms with van der Waals surface area (Å²) in [4.78, 5) is 17.6. The van der Waals surface area contributed by atoms with Gasteiger partial charge in [-0.2, -0.15) is 0 Å². The molecule has 1 aromatic heterocycles. The van der Waals surface area contributed by atoms with Crippen molar-refractivity contribution in [3.63, 3.8) is 0 Å². The van der Waals surface area contributed by atoms with Crippen LogP contribution < -0.4 is 10.5 Å². The van der Waals surface area contributed by atoms with Crippen LogP contribution in [0, 0.1) is 10.1 Å². The number of nitrogens with zero attached hydrogens (tertiary/aromatic N) is 3. The number of nitro groups is 1. The molecule has 0 atom stereocenters. The zero-order valence-electron chi connectivity index (χ0n) is 10.6. The van der Waals surface area contributed by atoms with Crippen LogP contribution in [0.3, 0.4) is 0 Å². The van der Waals surface area contributed by atoms with Crippen LogP contribution in [0.25, 0.3) is 0 Å². The van der Waals surface area contributed by atoms with Crippen molar-refractivity contribution in [3.8, 4) is 0 Å². The second-order valence-electron chi connectivity index (χ2n) is 3.92. The van der Waals surface area contributed by atoms with Gasteiger partial charge in [-0.3, -0.25) is 14.8 Å². The van der Waals surface area contributed by atoms with Gasteiger partial charge in [0.1, 0.15) is 11.6 Å². The molecule has 0 saturated carbocycles. The van der Waals surface area contributed by atoms with Crippen LogP contribution in [0.4, 0.5) is 11.5 Å². The maximum atomic E-state index is 12.1. The molecule has 10 heteroatoms. The van der Waals surface area contributed by atoms with Crippen molar-refractivity contribution in [2.45, 2.75) is 11.4 Å². The van der Waals surface area contributed by atoms with E-state index in [1.807, 2.05) is 0 Å². The number of nitrogens with two attached hydrogens (primary N) is 1. The molecule has 0 aliphatic heterocycles. The lowest BCUT2D eigenvalue weighted by molar-refractivity contribution is -0.384. The van der Waals surface area contributed by atoms with Crippen LogP contribution in [0.2, 0.25) is 0 Å². The summed E-state index contributed by atoms with van der Waals surface area (Å²) in [5.41, 5.74) is 5.18. The molecule has 0 fully saturated rings. The molecule has 1 aromatic carbocycles. The Bertz CT molecular complexity index is 760. The molecular formula is C11H11N5O4S. The van der Waals surface area contributed by atoms with E-state index in [0.29, 0.717) is 5.82 Å². The first kappa shape index (κ1) is 14.8. The third-order valence-corrected chi connectivity index (χ3v) is 3.86. The second kappa shape index (κ2) is 5.81. The fourth-order valence-corrected chi connectivity index (χ4v) is 2.50. The number of nitrogens with one attached hydrogen (secondary N) is 1. The van der Waals surface area contributed by atoms with Crippen molar-refractivity contribution in [2.75, 3.05) is 4.72 Å². The molecule has 0 spiro atoms. The summed E-state index contributed by atoms with van der Waals surface area (Å²) in [5.74, 6) is 0.364. The van der Waals surface area contributed by atoms with E-state index < -0.39 is 14.9 Å². The van der Waals surface area contributed by atoms with Gasteiger partial charge in [-0.25, -0.2) is 18.4 Å². The molecule has 21 heavy (non-hydrogen) atoms. The van der Waals surface area contributed by atoms with Gasteiger partial charge in [-0.15, -0.1) is 0 Å². The third-order valence-electron chi connectivity index (χ3n) is 2.48. The summed E-state index contributed by atoms with van der Waals surface area (Å²) >= 11 is 0. The summed E-state index contributed by atoms with van der Waals surface area (Å²) < 4.78 is 26.5. The number of nitro benzene ring substituents is 1. The first-order valence-electron chi connectivity index (χ1n) is 5.71. The van der Waals surface area contributed by atoms with Crippen molar-refractivity contribution in [1.29, 1.82) is 0 Å². The van der Waals surface area contributed by atoms with E-state index in [1.165, 1.54) is 12.3 Å². The van der Waals surface area contributed by atoms with E-state index in [1.54, 1.807) is 0 Å². The highest BCUT2D eigenvalue weighted by Gasteiger charge is 2.16. The van der Waals surface area contributed by atoms with Crippen LogP contribution in [-0.4, -0.2) is 23.3 Å². The van der Waals surface area contributed by atoms with Crippen LogP contribution in [-0.2, 0) is 16.6 Å². The van der Waals surface area contributed by atoms with Gasteiger partial charge in [-0.1, -0.05) is 0 Å². The molecule has 3 N–H and O–H groups in total. The molecule has 1 heterocycles. The van der Waals surface area contributed by atoms with Gasteiger partial charge >= 0.3 is 0 Å². The molecule has 0 aliphatic carbocycles. The second-order valence-corrected chi connectivity index (χ2v) is 5.60. The van der Waals surface area contributed by atoms with Gasteiger partial charge in [0.05, 0.1) is 16.4 Å².